The molecule has 7 fully saturated rings. The summed E-state index contributed by atoms with van der Waals surface area (Å²) in [7, 11) is 0. The van der Waals surface area contributed by atoms with E-state index in [9.17, 15) is 107 Å². The van der Waals surface area contributed by atoms with E-state index in [-0.39, 0.29) is 0 Å². The molecule has 0 aromatic carbocycles. The minimum absolute atomic E-state index is 0.440. The number of rotatable bonds is 22. The highest BCUT2D eigenvalue weighted by Crippen LogP contribution is 2.41. The van der Waals surface area contributed by atoms with E-state index >= 15 is 0 Å². The number of carbonyl (C=O) groups is 1. The first kappa shape index (κ1) is 69.6. The Bertz CT molecular complexity index is 2040. The van der Waals surface area contributed by atoms with Gasteiger partial charge in [-0.05, 0) is 6.92 Å². The molecule has 84 heavy (non-hydrogen) atoms. The summed E-state index contributed by atoms with van der Waals surface area (Å²) < 4.78 is 76.0. The first-order chi connectivity index (χ1) is 39.6. The summed E-state index contributed by atoms with van der Waals surface area (Å²) in [5.41, 5.74) is 5.95. The molecule has 36 atom stereocenters. The quantitative estimate of drug-likeness (QED) is 0.0479. The molecule has 22 N–H and O–H groups in total. The lowest BCUT2D eigenvalue weighted by molar-refractivity contribution is -0.393. The van der Waals surface area contributed by atoms with Crippen LogP contribution in [0.25, 0.3) is 0 Å². The van der Waals surface area contributed by atoms with Crippen LogP contribution in [0.5, 0.6) is 0 Å². The third-order valence-electron chi connectivity index (χ3n) is 17.0. The third-order valence-corrected chi connectivity index (χ3v) is 17.0. The molecule has 0 amide bonds. The number of carboxylic acid groups (broad SMARTS) is 1. The van der Waals surface area contributed by atoms with E-state index in [0.717, 1.165) is 0 Å². The number of aliphatic carboxylic acids is 1. The van der Waals surface area contributed by atoms with Crippen molar-refractivity contribution in [3.05, 3.63) is 0 Å². The second-order valence-corrected chi connectivity index (χ2v) is 22.5. The van der Waals surface area contributed by atoms with Gasteiger partial charge in [0, 0.05) is 24.2 Å². The Hall–Kier alpha value is -1.85. The number of aliphatic hydroxyl groups is 19. The van der Waals surface area contributed by atoms with Crippen molar-refractivity contribution >= 4 is 5.97 Å². The van der Waals surface area contributed by atoms with Crippen molar-refractivity contribution in [3.63, 3.8) is 0 Å². The number of aliphatic hydroxyl groups excluding tert-OH is 19. The monoisotopic (exact) mass is 1230 g/mol. The van der Waals surface area contributed by atoms with E-state index in [1.54, 1.807) is 13.8 Å². The maximum atomic E-state index is 12.8. The summed E-state index contributed by atoms with van der Waals surface area (Å²) in [6, 6.07) is -1.58. The van der Waals surface area contributed by atoms with Gasteiger partial charge in [0.05, 0.1) is 82.8 Å². The van der Waals surface area contributed by atoms with Crippen LogP contribution in [0.4, 0.5) is 0 Å². The Morgan fingerprint density at radius 2 is 0.917 bits per heavy atom. The summed E-state index contributed by atoms with van der Waals surface area (Å²) in [5.74, 6) is -7.82. The lowest BCUT2D eigenvalue weighted by Gasteiger charge is -2.50. The number of nitrogens with two attached hydrogens (primary N) is 1. The largest absolute Gasteiger partial charge is 0.477 e. The van der Waals surface area contributed by atoms with Gasteiger partial charge in [-0.1, -0.05) is 20.8 Å². The fraction of sp³-hybridized carbons (Fsp3) is 0.980. The highest BCUT2D eigenvalue weighted by Gasteiger charge is 2.61. The number of ether oxygens (including phenoxy) is 13. The van der Waals surface area contributed by atoms with Crippen molar-refractivity contribution in [2.75, 3.05) is 46.2 Å². The Balaban J connectivity index is 1.03. The summed E-state index contributed by atoms with van der Waals surface area (Å²) in [6.07, 6.45) is -54.7. The molecule has 0 radical (unpaired) electrons. The van der Waals surface area contributed by atoms with Gasteiger partial charge in [0.15, 0.2) is 31.5 Å². The van der Waals surface area contributed by atoms with Crippen molar-refractivity contribution in [1.29, 1.82) is 0 Å². The average molecular weight is 1230 g/mol. The summed E-state index contributed by atoms with van der Waals surface area (Å²) >= 11 is 0. The van der Waals surface area contributed by atoms with Gasteiger partial charge in [0.2, 0.25) is 0 Å². The molecule has 35 nitrogen and oxygen atoms in total. The van der Waals surface area contributed by atoms with Crippen LogP contribution in [-0.4, -0.2) is 356 Å². The van der Waals surface area contributed by atoms with Gasteiger partial charge < -0.3 is 169 Å². The highest BCUT2D eigenvalue weighted by atomic mass is 16.8. The maximum absolute atomic E-state index is 12.8. The summed E-state index contributed by atoms with van der Waals surface area (Å²) in [4.78, 5) is 12.8. The van der Waals surface area contributed by atoms with E-state index in [1.165, 1.54) is 13.8 Å². The average Bonchev–Trinajstić information content (AvgIpc) is 1.71. The predicted octanol–water partition coefficient (Wildman–Crippen LogP) is -12.2. The smallest absolute Gasteiger partial charge is 0.364 e. The molecule has 0 bridgehead atoms. The van der Waals surface area contributed by atoms with E-state index in [2.05, 4.69) is 0 Å². The molecular formula is C49H85NO34. The molecule has 0 aliphatic carbocycles. The third kappa shape index (κ3) is 14.2. The Morgan fingerprint density at radius 3 is 1.43 bits per heavy atom. The minimum atomic E-state index is -3.07. The van der Waals surface area contributed by atoms with Crippen LogP contribution < -0.4 is 5.73 Å². The van der Waals surface area contributed by atoms with Gasteiger partial charge in [0.25, 0.3) is 5.79 Å². The summed E-state index contributed by atoms with van der Waals surface area (Å²) in [5, 5.41) is 215. The van der Waals surface area contributed by atoms with Crippen LogP contribution in [0.15, 0.2) is 0 Å². The second-order valence-electron chi connectivity index (χ2n) is 22.5. The molecule has 16 unspecified atom stereocenters. The molecule has 7 aliphatic rings. The zero-order valence-electron chi connectivity index (χ0n) is 46.1. The fourth-order valence-corrected chi connectivity index (χ4v) is 11.3. The van der Waals surface area contributed by atoms with Crippen molar-refractivity contribution in [2.24, 2.45) is 23.5 Å². The predicted molar refractivity (Wildman–Crippen MR) is 264 cm³/mol. The highest BCUT2D eigenvalue weighted by molar-refractivity contribution is 5.76. The number of hydrogen-bond acceptors (Lipinski definition) is 34. The maximum Gasteiger partial charge on any atom is 0.364 e. The van der Waals surface area contributed by atoms with Crippen LogP contribution in [0, 0.1) is 17.8 Å². The molecule has 0 aromatic rings. The van der Waals surface area contributed by atoms with Crippen molar-refractivity contribution < 1.29 is 169 Å². The molecule has 7 heterocycles. The Labute approximate surface area is 479 Å². The zero-order chi connectivity index (χ0) is 62.1. The van der Waals surface area contributed by atoms with E-state index in [0.29, 0.717) is 0 Å². The number of hydrogen-bond donors (Lipinski definition) is 21. The SMILES string of the molecule is CC1C(O)[C@H](OC2OC(CO)[C@H](O)[C@H](O[C@]3(C(=O)O)C[C@@H](O)[C@@H](N)C(C(O)C(O)CO)O3)C2O)[C@H](CO)O[C@H]1O[C@@H]1C(O)[C@H](O)C(CO)O[C@@H]1OCC1O[C@@H](O[C@@H]2C(CO)O[C@@H](O[C@@H]3C(CO)O[C@@H](C)[C@@H](C)C3O)[C@@H](C)C2O)[C@H](O)C(O)[C@@H]1O. The fourth-order valence-electron chi connectivity index (χ4n) is 11.3. The lowest BCUT2D eigenvalue weighted by Crippen LogP contribution is -2.70. The minimum Gasteiger partial charge on any atom is -0.477 e. The Kier molecular flexibility index (Phi) is 24.4. The first-order valence-electron chi connectivity index (χ1n) is 27.6. The second kappa shape index (κ2) is 29.4. The van der Waals surface area contributed by atoms with Gasteiger partial charge in [-0.15, -0.1) is 0 Å². The molecule has 7 saturated heterocycles. The van der Waals surface area contributed by atoms with E-state index < -0.39 is 278 Å². The molecular weight excluding hydrogens is 1150 g/mol. The van der Waals surface area contributed by atoms with Gasteiger partial charge in [0.1, 0.15) is 128 Å². The van der Waals surface area contributed by atoms with E-state index in [4.69, 9.17) is 67.3 Å². The lowest BCUT2D eigenvalue weighted by atomic mass is 9.88. The van der Waals surface area contributed by atoms with Crippen molar-refractivity contribution in [3.8, 4) is 0 Å². The molecule has 490 valence electrons. The van der Waals surface area contributed by atoms with Gasteiger partial charge >= 0.3 is 5.97 Å². The molecule has 7 aliphatic heterocycles. The first-order valence-corrected chi connectivity index (χ1v) is 27.6. The molecule has 0 saturated carbocycles. The van der Waals surface area contributed by atoms with Crippen LogP contribution in [0.1, 0.15) is 34.1 Å². The molecule has 35 heteroatoms. The molecule has 0 spiro atoms. The van der Waals surface area contributed by atoms with Gasteiger partial charge in [-0.2, -0.15) is 0 Å². The summed E-state index contributed by atoms with van der Waals surface area (Å²) in [6.45, 7) is -0.0167. The van der Waals surface area contributed by atoms with Gasteiger partial charge in [-0.3, -0.25) is 0 Å². The standard InChI is InChI=1S/C49H85NO34/c1-13-16(4)73-21(9-54)37(26(13)59)79-43-14(2)27(60)38(22(10-55)76-43)80-45-35(68)33(66)31(64)24(78-45)12-72-47-42(34(67)30(63)19(7-52)75-47)82-44-15(3)28(61)39(23(11-56)77-44)81-46-36(69)41(32(65)20(8-53)74-46)84-49(48(70)71)5-17(57)25(50)40(83-49)29(62)18(58)6-51/h13-47,51-69H,5-12,50H2,1-4H3,(H,70,71)/t13-,14+,15?,16+,17-,18?,19?,20?,21?,22?,23+,24?,25-,26?,27?,28?,29?,30-,31-,32+,33?,34?,35-,36?,37-,38-,39-,40?,41+,42-,43+,44+,45+,46?,47+,49+/m1/s1. The van der Waals surface area contributed by atoms with Crippen LogP contribution >= 0.6 is 0 Å². The normalized spacial score (nSPS) is 51.3. The zero-order valence-corrected chi connectivity index (χ0v) is 46.1. The van der Waals surface area contributed by atoms with Crippen LogP contribution in [-0.2, 0) is 66.4 Å². The molecule has 0 aromatic heterocycles. The van der Waals surface area contributed by atoms with Crippen molar-refractivity contribution in [1.82, 2.24) is 0 Å². The van der Waals surface area contributed by atoms with Crippen molar-refractivity contribution in [2.45, 2.75) is 236 Å². The van der Waals surface area contributed by atoms with E-state index in [1.807, 2.05) is 0 Å². The number of carboxylic acids is 1. The van der Waals surface area contributed by atoms with Gasteiger partial charge in [-0.25, -0.2) is 4.79 Å². The van der Waals surface area contributed by atoms with Crippen LogP contribution in [0.2, 0.25) is 0 Å². The topological polar surface area (TPSA) is 568 Å². The van der Waals surface area contributed by atoms with Crippen LogP contribution in [0.3, 0.4) is 0 Å². The molecule has 7 rings (SSSR count). The Morgan fingerprint density at radius 1 is 0.488 bits per heavy atom.